The molecule has 0 aromatic carbocycles. The second-order valence-electron chi connectivity index (χ2n) is 3.46. The minimum atomic E-state index is -2.72. The summed E-state index contributed by atoms with van der Waals surface area (Å²) in [6.45, 7) is 1.09. The largest absolute Gasteiger partial charge is 0.359 e. The quantitative estimate of drug-likeness (QED) is 0.843. The molecule has 0 aliphatic heterocycles. The zero-order chi connectivity index (χ0) is 12.1. The van der Waals surface area contributed by atoms with Crippen LogP contribution in [0.2, 0.25) is 0 Å². The van der Waals surface area contributed by atoms with Gasteiger partial charge in [-0.1, -0.05) is 15.9 Å². The van der Waals surface area contributed by atoms with E-state index < -0.39 is 6.61 Å². The van der Waals surface area contributed by atoms with Gasteiger partial charge >= 0.3 is 6.61 Å². The van der Waals surface area contributed by atoms with Gasteiger partial charge in [-0.25, -0.2) is 0 Å². The van der Waals surface area contributed by atoms with Crippen LogP contribution in [0.1, 0.15) is 12.6 Å². The monoisotopic (exact) mass is 293 g/mol. The molecule has 0 aliphatic rings. The minimum Gasteiger partial charge on any atom is -0.359 e. The summed E-state index contributed by atoms with van der Waals surface area (Å²) in [4.78, 5) is 3.37. The Hall–Kier alpha value is -0.680. The number of aromatic amines is 1. The van der Waals surface area contributed by atoms with Crippen molar-refractivity contribution in [2.45, 2.75) is 25.3 Å². The number of aromatic nitrogens is 1. The Bertz CT molecular complexity index is 439. The van der Waals surface area contributed by atoms with E-state index >= 15 is 0 Å². The Balaban J connectivity index is 2.95. The highest BCUT2D eigenvalue weighted by atomic mass is 79.9. The second-order valence-corrected chi connectivity index (χ2v) is 4.91. The van der Waals surface area contributed by atoms with Crippen LogP contribution in [0.4, 0.5) is 8.78 Å². The number of halogens is 3. The van der Waals surface area contributed by atoms with Crippen LogP contribution in [0.15, 0.2) is 6.07 Å². The van der Waals surface area contributed by atoms with Crippen molar-refractivity contribution >= 4 is 28.1 Å². The summed E-state index contributed by atoms with van der Waals surface area (Å²) in [6.07, 6.45) is 3.61. The molecule has 1 rings (SSSR count). The van der Waals surface area contributed by atoms with Gasteiger partial charge in [0.2, 0.25) is 0 Å². The van der Waals surface area contributed by atoms with E-state index in [-0.39, 0.29) is 11.4 Å². The van der Waals surface area contributed by atoms with Crippen molar-refractivity contribution in [1.29, 1.82) is 0 Å². The molecule has 0 saturated heterocycles. The molecule has 1 atom stereocenters. The van der Waals surface area contributed by atoms with Crippen molar-refractivity contribution < 1.29 is 13.5 Å². The maximum atomic E-state index is 11.8. The molecule has 0 aliphatic carbocycles. The molecule has 5 heteroatoms. The van der Waals surface area contributed by atoms with Gasteiger partial charge in [0.1, 0.15) is 0 Å². The lowest BCUT2D eigenvalue weighted by atomic mass is 10.3. The maximum Gasteiger partial charge on any atom is 0.345 e. The highest BCUT2D eigenvalue weighted by Gasteiger charge is 1.99. The first-order valence-electron chi connectivity index (χ1n) is 4.90. The summed E-state index contributed by atoms with van der Waals surface area (Å²) in [6, 6.07) is 1.90. The van der Waals surface area contributed by atoms with Crippen LogP contribution in [0.3, 0.4) is 0 Å². The zero-order valence-electron chi connectivity index (χ0n) is 9.14. The van der Waals surface area contributed by atoms with Gasteiger partial charge in [-0.05, 0) is 37.3 Å². The number of hydrogen-bond donors (Lipinski definition) is 1. The summed E-state index contributed by atoms with van der Waals surface area (Å²) in [5.41, 5.74) is 0.989. The van der Waals surface area contributed by atoms with Gasteiger partial charge in [0.05, 0.1) is 6.61 Å². The van der Waals surface area contributed by atoms with Crippen LogP contribution < -0.4 is 10.6 Å². The molecule has 0 saturated carbocycles. The summed E-state index contributed by atoms with van der Waals surface area (Å²) < 4.78 is 27.8. The highest BCUT2D eigenvalue weighted by Crippen LogP contribution is 1.97. The van der Waals surface area contributed by atoms with Gasteiger partial charge in [0.25, 0.3) is 0 Å². The van der Waals surface area contributed by atoms with E-state index in [0.29, 0.717) is 0 Å². The van der Waals surface area contributed by atoms with Crippen LogP contribution in [-0.4, -0.2) is 23.0 Å². The lowest BCUT2D eigenvalue weighted by Gasteiger charge is -1.95. The molecule has 0 radical (unpaired) electrons. The van der Waals surface area contributed by atoms with E-state index in [1.54, 1.807) is 6.08 Å². The SMILES string of the molecule is Cc1cc(=C/COC(F)F)/c(=C\C(C)Br)[nH]1. The molecule has 0 amide bonds. The predicted octanol–water partition coefficient (Wildman–Crippen LogP) is 1.91. The van der Waals surface area contributed by atoms with Crippen LogP contribution in [0.5, 0.6) is 0 Å². The van der Waals surface area contributed by atoms with Crippen LogP contribution in [0, 0.1) is 6.92 Å². The molecule has 1 heterocycles. The third-order valence-corrected chi connectivity index (χ3v) is 2.20. The van der Waals surface area contributed by atoms with E-state index in [9.17, 15) is 8.78 Å². The fourth-order valence-corrected chi connectivity index (χ4v) is 1.64. The topological polar surface area (TPSA) is 25.0 Å². The Morgan fingerprint density at radius 3 is 2.81 bits per heavy atom. The molecule has 2 nitrogen and oxygen atoms in total. The van der Waals surface area contributed by atoms with Gasteiger partial charge in [-0.3, -0.25) is 0 Å². The molecule has 0 fully saturated rings. The van der Waals surface area contributed by atoms with E-state index in [1.807, 2.05) is 26.0 Å². The fourth-order valence-electron chi connectivity index (χ4n) is 1.38. The Kier molecular flexibility index (Phi) is 5.15. The van der Waals surface area contributed by atoms with Gasteiger partial charge in [0, 0.05) is 15.9 Å². The lowest BCUT2D eigenvalue weighted by molar-refractivity contribution is -0.116. The van der Waals surface area contributed by atoms with Gasteiger partial charge in [0.15, 0.2) is 0 Å². The fraction of sp³-hybridized carbons (Fsp3) is 0.455. The number of rotatable bonds is 4. The highest BCUT2D eigenvalue weighted by molar-refractivity contribution is 9.09. The van der Waals surface area contributed by atoms with Crippen molar-refractivity contribution in [2.24, 2.45) is 0 Å². The zero-order valence-corrected chi connectivity index (χ0v) is 10.7. The molecular formula is C11H14BrF2NO. The van der Waals surface area contributed by atoms with Crippen molar-refractivity contribution in [2.75, 3.05) is 6.61 Å². The number of nitrogens with one attached hydrogen (secondary N) is 1. The normalized spacial score (nSPS) is 16.1. The Morgan fingerprint density at radius 2 is 2.25 bits per heavy atom. The van der Waals surface area contributed by atoms with Gasteiger partial charge in [-0.2, -0.15) is 8.78 Å². The van der Waals surface area contributed by atoms with Crippen LogP contribution in [0.25, 0.3) is 12.2 Å². The van der Waals surface area contributed by atoms with Crippen LogP contribution in [-0.2, 0) is 4.74 Å². The minimum absolute atomic E-state index is 0.0908. The summed E-state index contributed by atoms with van der Waals surface area (Å²) in [5, 5.41) is 1.80. The maximum absolute atomic E-state index is 11.8. The number of H-pyrrole nitrogens is 1. The molecule has 16 heavy (non-hydrogen) atoms. The average Bonchev–Trinajstić information content (AvgIpc) is 2.44. The summed E-state index contributed by atoms with van der Waals surface area (Å²) >= 11 is 3.41. The summed E-state index contributed by atoms with van der Waals surface area (Å²) in [7, 11) is 0. The molecule has 0 spiro atoms. The second kappa shape index (κ2) is 6.15. The van der Waals surface area contributed by atoms with E-state index in [1.165, 1.54) is 0 Å². The first-order chi connectivity index (χ1) is 7.49. The smallest absolute Gasteiger partial charge is 0.345 e. The first-order valence-corrected chi connectivity index (χ1v) is 5.82. The number of ether oxygens (including phenoxy) is 1. The number of aryl methyl sites for hydroxylation is 1. The van der Waals surface area contributed by atoms with E-state index in [4.69, 9.17) is 0 Å². The first kappa shape index (κ1) is 13.4. The third-order valence-electron chi connectivity index (χ3n) is 1.94. The van der Waals surface area contributed by atoms with Gasteiger partial charge < -0.3 is 9.72 Å². The predicted molar refractivity (Wildman–Crippen MR) is 64.1 cm³/mol. The molecule has 1 aromatic rings. The average molecular weight is 294 g/mol. The van der Waals surface area contributed by atoms with Crippen molar-refractivity contribution in [3.8, 4) is 0 Å². The standard InChI is InChI=1S/C11H14BrF2NO/c1-7(12)5-10-9(6-8(2)15-10)3-4-16-11(13)14/h3,5-7,11,15H,4H2,1-2H3/b9-3-,10-5+. The molecule has 1 N–H and O–H groups in total. The Morgan fingerprint density at radius 1 is 1.56 bits per heavy atom. The van der Waals surface area contributed by atoms with Crippen molar-refractivity contribution in [3.05, 3.63) is 22.3 Å². The number of alkyl halides is 3. The molecule has 1 unspecified atom stereocenters. The molecule has 0 bridgehead atoms. The van der Waals surface area contributed by atoms with Crippen molar-refractivity contribution in [1.82, 2.24) is 4.98 Å². The lowest BCUT2D eigenvalue weighted by Crippen LogP contribution is -2.24. The Labute approximate surface area is 101 Å². The molecule has 90 valence electrons. The third kappa shape index (κ3) is 4.45. The van der Waals surface area contributed by atoms with E-state index in [2.05, 4.69) is 25.7 Å². The summed E-state index contributed by atoms with van der Waals surface area (Å²) in [5.74, 6) is 0. The van der Waals surface area contributed by atoms with E-state index in [0.717, 1.165) is 16.3 Å². The van der Waals surface area contributed by atoms with Crippen LogP contribution >= 0.6 is 15.9 Å². The number of hydrogen-bond acceptors (Lipinski definition) is 1. The van der Waals surface area contributed by atoms with Crippen molar-refractivity contribution in [3.63, 3.8) is 0 Å². The van der Waals surface area contributed by atoms with Gasteiger partial charge in [-0.15, -0.1) is 0 Å². The molecular weight excluding hydrogens is 280 g/mol. The molecule has 1 aromatic heterocycles.